The van der Waals surface area contributed by atoms with Crippen LogP contribution in [0.4, 0.5) is 35.0 Å². The summed E-state index contributed by atoms with van der Waals surface area (Å²) < 4.78 is 59.7. The van der Waals surface area contributed by atoms with Crippen LogP contribution < -0.4 is 40.4 Å². The fraction of sp³-hybridized carbons (Fsp3) is 0.361. The van der Waals surface area contributed by atoms with Gasteiger partial charge in [-0.3, -0.25) is 9.78 Å². The predicted molar refractivity (Wildman–Crippen MR) is 192 cm³/mol. The Labute approximate surface area is 299 Å². The molecular weight excluding hydrogens is 689 g/mol. The normalized spacial score (nSPS) is 15.4. The minimum Gasteiger partial charge on any atom is -0.493 e. The molecule has 2 aliphatic rings. The zero-order chi connectivity index (χ0) is 35.3. The number of fused-ring (bicyclic) bond motifs is 1. The molecule has 0 spiro atoms. The number of pyridine rings is 1. The van der Waals surface area contributed by atoms with Gasteiger partial charge in [-0.25, -0.2) is 4.79 Å². The number of methoxy groups -OCH3 is 2. The second-order valence-electron chi connectivity index (χ2n) is 12.3. The summed E-state index contributed by atoms with van der Waals surface area (Å²) in [6.07, 6.45) is -0.399. The molecule has 272 valence electrons. The standard InChI is InChI=1S/C36H39F3N6O5.ClH/c1-48-32-20-27-29(21-33(32)49-2)41-15-10-31(27)50-26-5-3-4-24(18-26)43-35(47)44-25-6-7-30(28(19-25)36(37,38)39)45-16-11-23(12-17-45)42-34(46)22-8-13-40-14-9-22;/h3-7,10,15,18-23,40H,8-9,11-14,16-17H2,1-2H3,(H,42,46)(H2,43,44,47);1H. The van der Waals surface area contributed by atoms with Crippen molar-refractivity contribution in [3.63, 3.8) is 0 Å². The number of piperidine rings is 2. The Morgan fingerprint density at radius 3 is 2.24 bits per heavy atom. The first-order valence-electron chi connectivity index (χ1n) is 16.4. The van der Waals surface area contributed by atoms with Gasteiger partial charge in [0.25, 0.3) is 0 Å². The SMILES string of the molecule is COc1cc2nccc(Oc3cccc(NC(=O)Nc4ccc(N5CCC(NC(=O)C6CCNCC6)CC5)c(C(F)(F)F)c4)c3)c2cc1OC.Cl. The summed E-state index contributed by atoms with van der Waals surface area (Å²) in [5.74, 6) is 1.92. The molecule has 3 heterocycles. The van der Waals surface area contributed by atoms with Crippen LogP contribution in [-0.2, 0) is 11.0 Å². The van der Waals surface area contributed by atoms with Crippen LogP contribution in [0.3, 0.4) is 0 Å². The molecule has 0 unspecified atom stereocenters. The summed E-state index contributed by atoms with van der Waals surface area (Å²) >= 11 is 0. The molecule has 0 atom stereocenters. The Bertz CT molecular complexity index is 1850. The summed E-state index contributed by atoms with van der Waals surface area (Å²) in [4.78, 5) is 31.6. The molecule has 3 aromatic carbocycles. The van der Waals surface area contributed by atoms with E-state index in [1.54, 1.807) is 53.6 Å². The van der Waals surface area contributed by atoms with E-state index >= 15 is 0 Å². The van der Waals surface area contributed by atoms with Gasteiger partial charge in [0, 0.05) is 65.8 Å². The monoisotopic (exact) mass is 728 g/mol. The van der Waals surface area contributed by atoms with Gasteiger partial charge in [0.15, 0.2) is 11.5 Å². The maximum absolute atomic E-state index is 14.3. The van der Waals surface area contributed by atoms with Gasteiger partial charge in [0.2, 0.25) is 5.91 Å². The average Bonchev–Trinajstić information content (AvgIpc) is 3.11. The number of carbonyl (C=O) groups is 2. The lowest BCUT2D eigenvalue weighted by Gasteiger charge is -2.36. The zero-order valence-corrected chi connectivity index (χ0v) is 29.0. The third-order valence-electron chi connectivity index (χ3n) is 8.98. The van der Waals surface area contributed by atoms with Crippen LogP contribution in [0.1, 0.15) is 31.2 Å². The Kier molecular flexibility index (Phi) is 12.0. The number of alkyl halides is 3. The number of nitrogens with one attached hydrogen (secondary N) is 4. The summed E-state index contributed by atoms with van der Waals surface area (Å²) in [6.45, 7) is 2.35. The number of halogens is 4. The number of aromatic nitrogens is 1. The number of amides is 3. The van der Waals surface area contributed by atoms with Gasteiger partial charge in [0.1, 0.15) is 11.5 Å². The lowest BCUT2D eigenvalue weighted by atomic mass is 9.95. The van der Waals surface area contributed by atoms with Gasteiger partial charge < -0.3 is 40.4 Å². The van der Waals surface area contributed by atoms with Crippen molar-refractivity contribution in [1.82, 2.24) is 15.6 Å². The number of rotatable bonds is 9. The van der Waals surface area contributed by atoms with Crippen LogP contribution in [0, 0.1) is 5.92 Å². The van der Waals surface area contributed by atoms with Gasteiger partial charge in [-0.15, -0.1) is 12.4 Å². The maximum atomic E-state index is 14.3. The first kappa shape index (κ1) is 37.3. The Morgan fingerprint density at radius 1 is 0.863 bits per heavy atom. The molecule has 6 rings (SSSR count). The molecule has 0 aliphatic carbocycles. The van der Waals surface area contributed by atoms with E-state index in [1.165, 1.54) is 26.4 Å². The van der Waals surface area contributed by atoms with E-state index in [2.05, 4.69) is 26.3 Å². The first-order valence-corrected chi connectivity index (χ1v) is 16.4. The molecule has 0 bridgehead atoms. The molecule has 2 fully saturated rings. The molecular formula is C36H40ClF3N6O5. The number of hydrogen-bond donors (Lipinski definition) is 4. The van der Waals surface area contributed by atoms with Crippen molar-refractivity contribution in [1.29, 1.82) is 0 Å². The molecule has 4 N–H and O–H groups in total. The smallest absolute Gasteiger partial charge is 0.418 e. The van der Waals surface area contributed by atoms with Crippen LogP contribution in [-0.4, -0.2) is 63.4 Å². The average molecular weight is 729 g/mol. The fourth-order valence-electron chi connectivity index (χ4n) is 6.38. The first-order chi connectivity index (χ1) is 24.1. The van der Waals surface area contributed by atoms with E-state index in [0.717, 1.165) is 32.0 Å². The largest absolute Gasteiger partial charge is 0.493 e. The van der Waals surface area contributed by atoms with Crippen molar-refractivity contribution in [2.45, 2.75) is 37.9 Å². The predicted octanol–water partition coefficient (Wildman–Crippen LogP) is 7.21. The van der Waals surface area contributed by atoms with Crippen LogP contribution >= 0.6 is 12.4 Å². The number of nitrogens with zero attached hydrogens (tertiary/aromatic N) is 2. The van der Waals surface area contributed by atoms with Crippen molar-refractivity contribution in [2.24, 2.45) is 5.92 Å². The van der Waals surface area contributed by atoms with E-state index in [9.17, 15) is 22.8 Å². The summed E-state index contributed by atoms with van der Waals surface area (Å²) in [5.41, 5.74) is 0.167. The van der Waals surface area contributed by atoms with Crippen molar-refractivity contribution in [2.75, 3.05) is 55.9 Å². The third-order valence-corrected chi connectivity index (χ3v) is 8.98. The Balaban J connectivity index is 0.00000504. The second-order valence-corrected chi connectivity index (χ2v) is 12.3. The molecule has 0 saturated carbocycles. The molecule has 2 saturated heterocycles. The second kappa shape index (κ2) is 16.4. The van der Waals surface area contributed by atoms with Crippen molar-refractivity contribution >= 4 is 52.3 Å². The van der Waals surface area contributed by atoms with Crippen LogP contribution in [0.5, 0.6) is 23.0 Å². The topological polar surface area (TPSA) is 126 Å². The van der Waals surface area contributed by atoms with E-state index in [0.29, 0.717) is 65.5 Å². The highest BCUT2D eigenvalue weighted by atomic mass is 35.5. The van der Waals surface area contributed by atoms with Gasteiger partial charge in [-0.1, -0.05) is 6.07 Å². The molecule has 15 heteroatoms. The van der Waals surface area contributed by atoms with Crippen molar-refractivity contribution in [3.05, 3.63) is 72.4 Å². The van der Waals surface area contributed by atoms with Crippen LogP contribution in [0.2, 0.25) is 0 Å². The van der Waals surface area contributed by atoms with Gasteiger partial charge >= 0.3 is 12.2 Å². The summed E-state index contributed by atoms with van der Waals surface area (Å²) in [5, 5.41) is 12.2. The molecule has 11 nitrogen and oxygen atoms in total. The molecule has 0 radical (unpaired) electrons. The van der Waals surface area contributed by atoms with E-state index in [-0.39, 0.29) is 41.6 Å². The third kappa shape index (κ3) is 9.05. The molecule has 51 heavy (non-hydrogen) atoms. The number of benzene rings is 3. The molecule has 3 amide bonds. The minimum absolute atomic E-state index is 0. The molecule has 4 aromatic rings. The number of carbonyl (C=O) groups excluding carboxylic acids is 2. The Hall–Kier alpha value is -4.95. The maximum Gasteiger partial charge on any atom is 0.418 e. The van der Waals surface area contributed by atoms with E-state index in [4.69, 9.17) is 14.2 Å². The number of anilines is 3. The Morgan fingerprint density at radius 2 is 1.55 bits per heavy atom. The molecule has 2 aliphatic heterocycles. The quantitative estimate of drug-likeness (QED) is 0.143. The molecule has 1 aromatic heterocycles. The highest BCUT2D eigenvalue weighted by molar-refractivity contribution is 6.00. The summed E-state index contributed by atoms with van der Waals surface area (Å²) in [7, 11) is 3.07. The highest BCUT2D eigenvalue weighted by Crippen LogP contribution is 2.40. The number of ether oxygens (including phenoxy) is 3. The van der Waals surface area contributed by atoms with Gasteiger partial charge in [0.05, 0.1) is 25.3 Å². The lowest BCUT2D eigenvalue weighted by Crippen LogP contribution is -2.48. The highest BCUT2D eigenvalue weighted by Gasteiger charge is 2.36. The van der Waals surface area contributed by atoms with Gasteiger partial charge in [-0.2, -0.15) is 13.2 Å². The summed E-state index contributed by atoms with van der Waals surface area (Å²) in [6, 6.07) is 14.8. The minimum atomic E-state index is -4.65. The van der Waals surface area contributed by atoms with Crippen molar-refractivity contribution in [3.8, 4) is 23.0 Å². The van der Waals surface area contributed by atoms with Crippen LogP contribution in [0.15, 0.2) is 66.9 Å². The lowest BCUT2D eigenvalue weighted by molar-refractivity contribution is -0.137. The zero-order valence-electron chi connectivity index (χ0n) is 28.1. The van der Waals surface area contributed by atoms with E-state index < -0.39 is 17.8 Å². The van der Waals surface area contributed by atoms with E-state index in [1.807, 2.05) is 0 Å². The van der Waals surface area contributed by atoms with Crippen LogP contribution in [0.25, 0.3) is 10.9 Å². The van der Waals surface area contributed by atoms with Gasteiger partial charge in [-0.05, 0) is 81.2 Å². The number of urea groups is 1. The van der Waals surface area contributed by atoms with Crippen molar-refractivity contribution < 1.29 is 37.0 Å². The fourth-order valence-corrected chi connectivity index (χ4v) is 6.38. The number of hydrogen-bond acceptors (Lipinski definition) is 8.